The molecule has 0 amide bonds. The minimum atomic E-state index is 0.235. The van der Waals surface area contributed by atoms with Gasteiger partial charge in [0.1, 0.15) is 12.9 Å². The van der Waals surface area contributed by atoms with Crippen molar-refractivity contribution >= 4 is 22.2 Å². The molecule has 0 saturated carbocycles. The average Bonchev–Trinajstić information content (AvgIpc) is 2.53. The highest BCUT2D eigenvalue weighted by molar-refractivity contribution is 9.10. The van der Waals surface area contributed by atoms with Crippen molar-refractivity contribution < 1.29 is 14.3 Å². The number of aldehydes is 1. The van der Waals surface area contributed by atoms with Crippen molar-refractivity contribution in [2.45, 2.75) is 6.61 Å². The number of ether oxygens (including phenoxy) is 2. The van der Waals surface area contributed by atoms with Crippen LogP contribution in [0, 0.1) is 11.3 Å². The first-order valence-electron chi connectivity index (χ1n) is 6.13. The van der Waals surface area contributed by atoms with E-state index in [0.717, 1.165) is 11.8 Å². The molecule has 0 bridgehead atoms. The summed E-state index contributed by atoms with van der Waals surface area (Å²) in [6.07, 6.45) is 0.738. The number of hydrogen-bond donors (Lipinski definition) is 0. The minimum Gasteiger partial charge on any atom is -0.493 e. The lowest BCUT2D eigenvalue weighted by Crippen LogP contribution is -2.01. The summed E-state index contributed by atoms with van der Waals surface area (Å²) in [7, 11) is 1.51. The van der Waals surface area contributed by atoms with E-state index >= 15 is 0 Å². The molecule has 2 aromatic rings. The fourth-order valence-corrected chi connectivity index (χ4v) is 2.43. The van der Waals surface area contributed by atoms with Crippen LogP contribution in [0.4, 0.5) is 0 Å². The Hall–Kier alpha value is -2.32. The third-order valence-electron chi connectivity index (χ3n) is 2.90. The molecule has 21 heavy (non-hydrogen) atoms. The Labute approximate surface area is 131 Å². The third kappa shape index (κ3) is 3.41. The summed E-state index contributed by atoms with van der Waals surface area (Å²) in [6.45, 7) is 0.235. The number of carbonyl (C=O) groups is 1. The lowest BCUT2D eigenvalue weighted by Gasteiger charge is -2.13. The summed E-state index contributed by atoms with van der Waals surface area (Å²) < 4.78 is 11.6. The summed E-state index contributed by atoms with van der Waals surface area (Å²) in [5.41, 5.74) is 1.84. The van der Waals surface area contributed by atoms with Crippen LogP contribution in [-0.2, 0) is 6.61 Å². The fraction of sp³-hybridized carbons (Fsp3) is 0.125. The maximum Gasteiger partial charge on any atom is 0.175 e. The van der Waals surface area contributed by atoms with Gasteiger partial charge in [-0.05, 0) is 34.1 Å². The Morgan fingerprint density at radius 2 is 2.10 bits per heavy atom. The summed E-state index contributed by atoms with van der Waals surface area (Å²) in [5, 5.41) is 9.06. The van der Waals surface area contributed by atoms with Crippen molar-refractivity contribution in [3.05, 3.63) is 57.6 Å². The van der Waals surface area contributed by atoms with E-state index in [-0.39, 0.29) is 6.61 Å². The van der Waals surface area contributed by atoms with Crippen LogP contribution < -0.4 is 9.47 Å². The van der Waals surface area contributed by atoms with Crippen molar-refractivity contribution in [2.75, 3.05) is 7.11 Å². The molecule has 0 N–H and O–H groups in total. The summed E-state index contributed by atoms with van der Waals surface area (Å²) in [6, 6.07) is 12.6. The van der Waals surface area contributed by atoms with Crippen LogP contribution in [0.2, 0.25) is 0 Å². The van der Waals surface area contributed by atoms with E-state index in [9.17, 15) is 4.79 Å². The maximum absolute atomic E-state index is 10.8. The Bertz CT molecular complexity index is 707. The number of halogens is 1. The van der Waals surface area contributed by atoms with Crippen molar-refractivity contribution in [1.29, 1.82) is 5.26 Å². The van der Waals surface area contributed by atoms with Crippen molar-refractivity contribution in [3.8, 4) is 17.6 Å². The molecule has 0 radical (unpaired) electrons. The first-order chi connectivity index (χ1) is 10.2. The minimum absolute atomic E-state index is 0.235. The number of rotatable bonds is 5. The van der Waals surface area contributed by atoms with Gasteiger partial charge in [-0.1, -0.05) is 18.2 Å². The van der Waals surface area contributed by atoms with Crippen molar-refractivity contribution in [3.63, 3.8) is 0 Å². The molecule has 4 nitrogen and oxygen atoms in total. The maximum atomic E-state index is 10.8. The second-order valence-corrected chi connectivity index (χ2v) is 5.06. The zero-order chi connectivity index (χ0) is 15.2. The molecule has 0 heterocycles. The molecule has 0 aromatic heterocycles. The number of carbonyl (C=O) groups excluding carboxylic acids is 1. The van der Waals surface area contributed by atoms with Gasteiger partial charge >= 0.3 is 0 Å². The van der Waals surface area contributed by atoms with Crippen LogP contribution in [0.25, 0.3) is 0 Å². The van der Waals surface area contributed by atoms with Gasteiger partial charge in [-0.15, -0.1) is 0 Å². The first kappa shape index (κ1) is 15.1. The number of hydrogen-bond acceptors (Lipinski definition) is 4. The van der Waals surface area contributed by atoms with Crippen LogP contribution in [0.3, 0.4) is 0 Å². The lowest BCUT2D eigenvalue weighted by molar-refractivity contribution is 0.112. The van der Waals surface area contributed by atoms with Gasteiger partial charge < -0.3 is 9.47 Å². The molecule has 0 aliphatic heterocycles. The summed E-state index contributed by atoms with van der Waals surface area (Å²) >= 11 is 3.36. The Kier molecular flexibility index (Phi) is 4.96. The normalized spacial score (nSPS) is 9.76. The largest absolute Gasteiger partial charge is 0.493 e. The third-order valence-corrected chi connectivity index (χ3v) is 3.49. The van der Waals surface area contributed by atoms with Gasteiger partial charge in [-0.2, -0.15) is 5.26 Å². The summed E-state index contributed by atoms with van der Waals surface area (Å²) in [5.74, 6) is 0.955. The van der Waals surface area contributed by atoms with Crippen LogP contribution >= 0.6 is 15.9 Å². The van der Waals surface area contributed by atoms with E-state index < -0.39 is 0 Å². The molecule has 2 rings (SSSR count). The topological polar surface area (TPSA) is 59.3 Å². The van der Waals surface area contributed by atoms with Crippen LogP contribution in [0.5, 0.6) is 11.5 Å². The van der Waals surface area contributed by atoms with Gasteiger partial charge in [0.25, 0.3) is 0 Å². The molecule has 0 saturated heterocycles. The van der Waals surface area contributed by atoms with Gasteiger partial charge in [0, 0.05) is 11.1 Å². The molecule has 106 valence electrons. The molecule has 5 heteroatoms. The zero-order valence-corrected chi connectivity index (χ0v) is 12.9. The van der Waals surface area contributed by atoms with Crippen LogP contribution in [-0.4, -0.2) is 13.4 Å². The first-order valence-corrected chi connectivity index (χ1v) is 6.92. The highest BCUT2D eigenvalue weighted by atomic mass is 79.9. The van der Waals surface area contributed by atoms with E-state index in [1.807, 2.05) is 12.1 Å². The molecule has 0 aliphatic rings. The lowest BCUT2D eigenvalue weighted by atomic mass is 10.1. The quantitative estimate of drug-likeness (QED) is 0.775. The van der Waals surface area contributed by atoms with E-state index in [1.54, 1.807) is 24.3 Å². The van der Waals surface area contributed by atoms with E-state index in [2.05, 4.69) is 22.0 Å². The number of benzene rings is 2. The number of nitrogens with zero attached hydrogens (tertiary/aromatic N) is 1. The Balaban J connectivity index is 2.28. The standard InChI is InChI=1S/C16H12BrNO3/c1-20-15-7-11(9-19)6-14(17)16(15)21-10-13-5-3-2-4-12(13)8-18/h2-7,9H,10H2,1H3. The SMILES string of the molecule is COc1cc(C=O)cc(Br)c1OCc1ccccc1C#N. The predicted octanol–water partition coefficient (Wildman–Crippen LogP) is 3.72. The summed E-state index contributed by atoms with van der Waals surface area (Å²) in [4.78, 5) is 10.8. The smallest absolute Gasteiger partial charge is 0.175 e. The molecular weight excluding hydrogens is 334 g/mol. The van der Waals surface area contributed by atoms with Gasteiger partial charge in [0.2, 0.25) is 0 Å². The molecule has 0 unspecified atom stereocenters. The highest BCUT2D eigenvalue weighted by Gasteiger charge is 2.12. The Morgan fingerprint density at radius 3 is 2.76 bits per heavy atom. The average molecular weight is 346 g/mol. The zero-order valence-electron chi connectivity index (χ0n) is 11.3. The number of methoxy groups -OCH3 is 1. The van der Waals surface area contributed by atoms with Crippen LogP contribution in [0.1, 0.15) is 21.5 Å². The number of nitriles is 1. The van der Waals surface area contributed by atoms with Crippen molar-refractivity contribution in [2.24, 2.45) is 0 Å². The molecule has 0 aliphatic carbocycles. The highest BCUT2D eigenvalue weighted by Crippen LogP contribution is 2.36. The fourth-order valence-electron chi connectivity index (χ4n) is 1.85. The van der Waals surface area contributed by atoms with E-state index in [0.29, 0.717) is 27.1 Å². The molecule has 0 fully saturated rings. The second-order valence-electron chi connectivity index (χ2n) is 4.21. The molecule has 0 spiro atoms. The monoisotopic (exact) mass is 345 g/mol. The van der Waals surface area contributed by atoms with Gasteiger partial charge in [0.15, 0.2) is 11.5 Å². The van der Waals surface area contributed by atoms with E-state index in [4.69, 9.17) is 14.7 Å². The van der Waals surface area contributed by atoms with Crippen molar-refractivity contribution in [1.82, 2.24) is 0 Å². The predicted molar refractivity (Wildman–Crippen MR) is 81.6 cm³/mol. The Morgan fingerprint density at radius 1 is 1.33 bits per heavy atom. The van der Waals surface area contributed by atoms with Gasteiger partial charge in [-0.25, -0.2) is 0 Å². The second kappa shape index (κ2) is 6.91. The van der Waals surface area contributed by atoms with Crippen LogP contribution in [0.15, 0.2) is 40.9 Å². The van der Waals surface area contributed by atoms with Gasteiger partial charge in [-0.3, -0.25) is 4.79 Å². The molecular formula is C16H12BrNO3. The van der Waals surface area contributed by atoms with Gasteiger partial charge in [0.05, 0.1) is 23.2 Å². The molecule has 2 aromatic carbocycles. The molecule has 0 atom stereocenters. The van der Waals surface area contributed by atoms with E-state index in [1.165, 1.54) is 7.11 Å².